The van der Waals surface area contributed by atoms with Crippen LogP contribution in [0.2, 0.25) is 0 Å². The maximum Gasteiger partial charge on any atom is 0.194 e. The molecule has 2 heterocycles. The van der Waals surface area contributed by atoms with Crippen LogP contribution in [-0.2, 0) is 0 Å². The van der Waals surface area contributed by atoms with Gasteiger partial charge in [0.2, 0.25) is 0 Å². The first-order valence-corrected chi connectivity index (χ1v) is 6.91. The third-order valence-electron chi connectivity index (χ3n) is 2.16. The molecule has 0 radical (unpaired) electrons. The number of rotatable bonds is 0. The lowest BCUT2D eigenvalue weighted by molar-refractivity contribution is -0.612. The Balaban J connectivity index is 0.000000345. The zero-order valence-corrected chi connectivity index (χ0v) is 13.6. The van der Waals surface area contributed by atoms with Gasteiger partial charge in [-0.3, -0.25) is 0 Å². The molecule has 0 aliphatic rings. The summed E-state index contributed by atoms with van der Waals surface area (Å²) in [6, 6.07) is 9.25. The molecule has 2 rings (SSSR count). The normalized spacial score (nSPS) is 8.75. The van der Waals surface area contributed by atoms with Crippen LogP contribution in [0.15, 0.2) is 39.4 Å². The van der Waals surface area contributed by atoms with Crippen LogP contribution >= 0.6 is 31.9 Å². The fourth-order valence-corrected chi connectivity index (χ4v) is 1.78. The highest BCUT2D eigenvalue weighted by Gasteiger charge is 1.98. The topological polar surface area (TPSA) is 63.6 Å². The lowest BCUT2D eigenvalue weighted by Crippen LogP contribution is -2.28. The van der Waals surface area contributed by atoms with Gasteiger partial charge in [0.05, 0.1) is 8.95 Å². The molecule has 0 N–H and O–H groups in total. The Bertz CT molecular complexity index is 624. The van der Waals surface area contributed by atoms with Crippen LogP contribution in [0.1, 0.15) is 24.5 Å². The number of halogens is 2. The Morgan fingerprint density at radius 1 is 1.20 bits per heavy atom. The van der Waals surface area contributed by atoms with E-state index in [0.717, 1.165) is 19.4 Å². The van der Waals surface area contributed by atoms with E-state index in [9.17, 15) is 5.21 Å². The summed E-state index contributed by atoms with van der Waals surface area (Å²) in [6.07, 6.45) is 1.48. The zero-order valence-electron chi connectivity index (χ0n) is 10.4. The van der Waals surface area contributed by atoms with Gasteiger partial charge in [-0.25, -0.2) is 4.98 Å². The van der Waals surface area contributed by atoms with Gasteiger partial charge >= 0.3 is 0 Å². The number of aromatic nitrogens is 2. The number of hydrogen-bond acceptors (Lipinski definition) is 3. The summed E-state index contributed by atoms with van der Waals surface area (Å²) in [5, 5.41) is 19.2. The Kier molecular flexibility index (Phi) is 8.04. The molecule has 0 spiro atoms. The first-order chi connectivity index (χ1) is 8.93. The minimum absolute atomic E-state index is 0. The Hall–Kier alpha value is -1.45. The average molecular weight is 401 g/mol. The van der Waals surface area contributed by atoms with Crippen LogP contribution in [0.5, 0.6) is 0 Å². The van der Waals surface area contributed by atoms with Crippen molar-refractivity contribution in [1.29, 1.82) is 5.26 Å². The van der Waals surface area contributed by atoms with Gasteiger partial charge in [-0.1, -0.05) is 7.43 Å². The highest BCUT2D eigenvalue weighted by Crippen LogP contribution is 2.13. The van der Waals surface area contributed by atoms with Gasteiger partial charge in [0.1, 0.15) is 6.07 Å². The van der Waals surface area contributed by atoms with Crippen molar-refractivity contribution in [3.8, 4) is 6.07 Å². The van der Waals surface area contributed by atoms with Gasteiger partial charge in [-0.2, -0.15) is 9.99 Å². The fraction of sp³-hybridized carbons (Fsp3) is 0.214. The number of aryl methyl sites for hydroxylation is 2. The van der Waals surface area contributed by atoms with E-state index in [0.29, 0.717) is 11.4 Å². The maximum absolute atomic E-state index is 10.7. The molecular formula is C14H15Br2N3O. The molecule has 0 saturated carbocycles. The smallest absolute Gasteiger partial charge is 0.194 e. The van der Waals surface area contributed by atoms with Crippen LogP contribution in [0.25, 0.3) is 0 Å². The summed E-state index contributed by atoms with van der Waals surface area (Å²) in [7, 11) is 0. The van der Waals surface area contributed by atoms with E-state index in [4.69, 9.17) is 5.26 Å². The fourth-order valence-electron chi connectivity index (χ4n) is 1.15. The second-order valence-electron chi connectivity index (χ2n) is 3.71. The maximum atomic E-state index is 10.7. The average Bonchev–Trinajstić information content (AvgIpc) is 2.38. The second-order valence-corrected chi connectivity index (χ2v) is 5.48. The number of pyridine rings is 2. The van der Waals surface area contributed by atoms with Crippen LogP contribution in [0.4, 0.5) is 0 Å². The summed E-state index contributed by atoms with van der Waals surface area (Å²) < 4.78 is 2.38. The molecule has 0 amide bonds. The van der Waals surface area contributed by atoms with Crippen molar-refractivity contribution < 1.29 is 4.73 Å². The standard InChI is InChI=1S/C7H5BrN2.C6H6BrNO.CH4/c1-5-2-3-6(8)7(4-9)10-5;1-5-2-3-6(7)4-8(5)9;/h2-3H,1H3;2-4H,1H3;1H4. The van der Waals surface area contributed by atoms with Gasteiger partial charge in [-0.05, 0) is 57.0 Å². The quantitative estimate of drug-likeness (QED) is 0.494. The molecule has 2 aromatic rings. The SMILES string of the molecule is C.Cc1ccc(Br)c(C#N)n1.Cc1ccc(Br)c[n+]1[O-]. The first kappa shape index (κ1) is 18.6. The number of nitriles is 1. The van der Waals surface area contributed by atoms with Crippen LogP contribution in [0.3, 0.4) is 0 Å². The predicted molar refractivity (Wildman–Crippen MR) is 86.0 cm³/mol. The molecule has 2 aromatic heterocycles. The van der Waals surface area contributed by atoms with Crippen LogP contribution in [-0.4, -0.2) is 4.98 Å². The molecule has 0 aliphatic heterocycles. The van der Waals surface area contributed by atoms with Crippen molar-refractivity contribution in [2.24, 2.45) is 0 Å². The van der Waals surface area contributed by atoms with Crippen LogP contribution < -0.4 is 4.73 Å². The molecule has 0 saturated heterocycles. The second kappa shape index (κ2) is 8.67. The van der Waals surface area contributed by atoms with Gasteiger partial charge in [0, 0.05) is 18.7 Å². The van der Waals surface area contributed by atoms with Crippen molar-refractivity contribution in [3.05, 3.63) is 61.7 Å². The zero-order chi connectivity index (χ0) is 14.4. The summed E-state index contributed by atoms with van der Waals surface area (Å²) in [4.78, 5) is 3.98. The van der Waals surface area contributed by atoms with Gasteiger partial charge in [-0.15, -0.1) is 0 Å². The Labute approximate surface area is 135 Å². The van der Waals surface area contributed by atoms with E-state index in [1.165, 1.54) is 6.20 Å². The third kappa shape index (κ3) is 5.68. The van der Waals surface area contributed by atoms with E-state index in [1.54, 1.807) is 13.0 Å². The van der Waals surface area contributed by atoms with E-state index in [1.807, 2.05) is 31.2 Å². The monoisotopic (exact) mass is 399 g/mol. The number of hydrogen-bond donors (Lipinski definition) is 0. The molecule has 0 aromatic carbocycles. The van der Waals surface area contributed by atoms with E-state index in [-0.39, 0.29) is 7.43 Å². The summed E-state index contributed by atoms with van der Waals surface area (Å²) >= 11 is 6.38. The molecule has 0 unspecified atom stereocenters. The largest absolute Gasteiger partial charge is 0.618 e. The lowest BCUT2D eigenvalue weighted by atomic mass is 10.3. The third-order valence-corrected chi connectivity index (χ3v) is 3.27. The Morgan fingerprint density at radius 3 is 2.30 bits per heavy atom. The van der Waals surface area contributed by atoms with Crippen molar-refractivity contribution in [2.75, 3.05) is 0 Å². The van der Waals surface area contributed by atoms with E-state index >= 15 is 0 Å². The van der Waals surface area contributed by atoms with E-state index in [2.05, 4.69) is 36.8 Å². The predicted octanol–water partition coefficient (Wildman–Crippen LogP) is 4.05. The van der Waals surface area contributed by atoms with Gasteiger partial charge < -0.3 is 5.21 Å². The highest BCUT2D eigenvalue weighted by molar-refractivity contribution is 9.10. The lowest BCUT2D eigenvalue weighted by Gasteiger charge is -1.97. The molecule has 20 heavy (non-hydrogen) atoms. The van der Waals surface area contributed by atoms with Crippen molar-refractivity contribution >= 4 is 31.9 Å². The van der Waals surface area contributed by atoms with Gasteiger partial charge in [0.15, 0.2) is 17.6 Å². The molecule has 106 valence electrons. The first-order valence-electron chi connectivity index (χ1n) is 5.32. The van der Waals surface area contributed by atoms with Crippen molar-refractivity contribution in [2.45, 2.75) is 21.3 Å². The Morgan fingerprint density at radius 2 is 1.85 bits per heavy atom. The van der Waals surface area contributed by atoms with E-state index < -0.39 is 0 Å². The highest BCUT2D eigenvalue weighted by atomic mass is 79.9. The number of nitrogens with zero attached hydrogens (tertiary/aromatic N) is 3. The minimum Gasteiger partial charge on any atom is -0.618 e. The molecular weight excluding hydrogens is 386 g/mol. The molecule has 4 nitrogen and oxygen atoms in total. The van der Waals surface area contributed by atoms with Crippen molar-refractivity contribution in [3.63, 3.8) is 0 Å². The van der Waals surface area contributed by atoms with Crippen molar-refractivity contribution in [1.82, 2.24) is 4.98 Å². The molecule has 0 atom stereocenters. The summed E-state index contributed by atoms with van der Waals surface area (Å²) in [5.41, 5.74) is 2.01. The molecule has 6 heteroatoms. The minimum atomic E-state index is 0. The summed E-state index contributed by atoms with van der Waals surface area (Å²) in [6.45, 7) is 3.62. The molecule has 0 aliphatic carbocycles. The molecule has 0 fully saturated rings. The van der Waals surface area contributed by atoms with Crippen LogP contribution in [0, 0.1) is 30.4 Å². The molecule has 0 bridgehead atoms. The van der Waals surface area contributed by atoms with Gasteiger partial charge in [0.25, 0.3) is 0 Å². The summed E-state index contributed by atoms with van der Waals surface area (Å²) in [5.74, 6) is 0.